The van der Waals surface area contributed by atoms with E-state index < -0.39 is 0 Å². The number of nitrogens with zero attached hydrogens (tertiary/aromatic N) is 1. The molecule has 1 saturated heterocycles. The van der Waals surface area contributed by atoms with Crippen molar-refractivity contribution in [3.05, 3.63) is 23.8 Å². The monoisotopic (exact) mass is 235 g/mol. The number of hydrogen-bond acceptors (Lipinski definition) is 3. The quantitative estimate of drug-likeness (QED) is 0.828. The highest BCUT2D eigenvalue weighted by molar-refractivity contribution is 5.45. The molecule has 2 atom stereocenters. The van der Waals surface area contributed by atoms with Crippen LogP contribution in [0.5, 0.6) is 11.5 Å². The van der Waals surface area contributed by atoms with Gasteiger partial charge in [-0.3, -0.25) is 4.90 Å². The Kier molecular flexibility index (Phi) is 3.57. The highest BCUT2D eigenvalue weighted by atomic mass is 16.3. The molecule has 3 heteroatoms. The summed E-state index contributed by atoms with van der Waals surface area (Å²) >= 11 is 0. The second kappa shape index (κ2) is 4.96. The topological polar surface area (TPSA) is 43.7 Å². The highest BCUT2D eigenvalue weighted by Gasteiger charge is 2.25. The van der Waals surface area contributed by atoms with Crippen molar-refractivity contribution in [2.24, 2.45) is 5.92 Å². The molecule has 0 amide bonds. The molecule has 2 rings (SSSR count). The average molecular weight is 235 g/mol. The van der Waals surface area contributed by atoms with Crippen LogP contribution in [-0.4, -0.2) is 28.2 Å². The zero-order valence-electron chi connectivity index (χ0n) is 10.6. The maximum absolute atomic E-state index is 9.87. The molecular formula is C14H21NO2. The fraction of sp³-hybridized carbons (Fsp3) is 0.571. The van der Waals surface area contributed by atoms with Gasteiger partial charge in [0, 0.05) is 12.6 Å². The second-order valence-corrected chi connectivity index (χ2v) is 5.13. The Hall–Kier alpha value is -1.22. The normalized spacial score (nSPS) is 23.5. The van der Waals surface area contributed by atoms with Crippen LogP contribution in [0.15, 0.2) is 18.2 Å². The minimum absolute atomic E-state index is 0.0685. The smallest absolute Gasteiger partial charge is 0.124 e. The van der Waals surface area contributed by atoms with Crippen LogP contribution in [0.4, 0.5) is 0 Å². The van der Waals surface area contributed by atoms with Crippen LogP contribution in [0.3, 0.4) is 0 Å². The van der Waals surface area contributed by atoms with E-state index in [1.54, 1.807) is 18.2 Å². The molecule has 0 spiro atoms. The highest BCUT2D eigenvalue weighted by Crippen LogP contribution is 2.36. The van der Waals surface area contributed by atoms with Crippen molar-refractivity contribution in [3.63, 3.8) is 0 Å². The molecule has 0 bridgehead atoms. The van der Waals surface area contributed by atoms with Gasteiger partial charge in [-0.05, 0) is 44.4 Å². The Balaban J connectivity index is 2.21. The first-order valence-corrected chi connectivity index (χ1v) is 6.34. The van der Waals surface area contributed by atoms with Crippen LogP contribution in [0.25, 0.3) is 0 Å². The standard InChI is InChI=1S/C14H21NO2/c1-10-5-4-8-15(9-10)11(2)14-12(16)6-3-7-13(14)17/h3,6-7,10-11,16-17H,4-5,8-9H2,1-2H3. The molecule has 1 aliphatic rings. The summed E-state index contributed by atoms with van der Waals surface area (Å²) in [5, 5.41) is 19.7. The first-order valence-electron chi connectivity index (χ1n) is 6.34. The molecule has 0 saturated carbocycles. The van der Waals surface area contributed by atoms with Gasteiger partial charge in [0.25, 0.3) is 0 Å². The van der Waals surface area contributed by atoms with E-state index in [-0.39, 0.29) is 17.5 Å². The summed E-state index contributed by atoms with van der Waals surface area (Å²) in [6, 6.07) is 5.01. The summed E-state index contributed by atoms with van der Waals surface area (Å²) < 4.78 is 0. The second-order valence-electron chi connectivity index (χ2n) is 5.13. The molecule has 0 aliphatic carbocycles. The summed E-state index contributed by atoms with van der Waals surface area (Å²) in [4.78, 5) is 2.34. The molecule has 2 N–H and O–H groups in total. The van der Waals surface area contributed by atoms with E-state index in [2.05, 4.69) is 11.8 Å². The molecule has 0 radical (unpaired) electrons. The van der Waals surface area contributed by atoms with E-state index in [0.29, 0.717) is 11.5 Å². The first-order chi connectivity index (χ1) is 8.09. The van der Waals surface area contributed by atoms with Gasteiger partial charge in [-0.15, -0.1) is 0 Å². The third kappa shape index (κ3) is 2.55. The van der Waals surface area contributed by atoms with E-state index in [4.69, 9.17) is 0 Å². The number of rotatable bonds is 2. The Morgan fingerprint density at radius 1 is 1.29 bits per heavy atom. The molecule has 3 nitrogen and oxygen atoms in total. The van der Waals surface area contributed by atoms with Gasteiger partial charge in [0.15, 0.2) is 0 Å². The molecule has 0 aromatic heterocycles. The van der Waals surface area contributed by atoms with Crippen LogP contribution < -0.4 is 0 Å². The van der Waals surface area contributed by atoms with Gasteiger partial charge in [-0.2, -0.15) is 0 Å². The molecule has 1 aliphatic heterocycles. The van der Waals surface area contributed by atoms with E-state index in [1.807, 2.05) is 6.92 Å². The minimum Gasteiger partial charge on any atom is -0.507 e. The maximum atomic E-state index is 9.87. The molecule has 1 aromatic carbocycles. The molecule has 1 heterocycles. The third-order valence-electron chi connectivity index (χ3n) is 3.71. The Morgan fingerprint density at radius 3 is 2.53 bits per heavy atom. The van der Waals surface area contributed by atoms with Gasteiger partial charge in [0.1, 0.15) is 11.5 Å². The minimum atomic E-state index is 0.0685. The van der Waals surface area contributed by atoms with Crippen molar-refractivity contribution < 1.29 is 10.2 Å². The number of likely N-dealkylation sites (tertiary alicyclic amines) is 1. The van der Waals surface area contributed by atoms with Crippen LogP contribution in [0.2, 0.25) is 0 Å². The lowest BCUT2D eigenvalue weighted by molar-refractivity contribution is 0.135. The van der Waals surface area contributed by atoms with Gasteiger partial charge in [0.05, 0.1) is 5.56 Å². The van der Waals surface area contributed by atoms with Crippen molar-refractivity contribution >= 4 is 0 Å². The van der Waals surface area contributed by atoms with Crippen molar-refractivity contribution in [1.82, 2.24) is 4.90 Å². The van der Waals surface area contributed by atoms with Gasteiger partial charge >= 0.3 is 0 Å². The van der Waals surface area contributed by atoms with Crippen LogP contribution in [-0.2, 0) is 0 Å². The predicted molar refractivity (Wildman–Crippen MR) is 68.2 cm³/mol. The Bertz CT molecular complexity index is 372. The molecule has 1 fully saturated rings. The fourth-order valence-electron chi connectivity index (χ4n) is 2.73. The zero-order valence-corrected chi connectivity index (χ0v) is 10.6. The van der Waals surface area contributed by atoms with Gasteiger partial charge < -0.3 is 10.2 Å². The lowest BCUT2D eigenvalue weighted by Gasteiger charge is -2.36. The number of benzene rings is 1. The lowest BCUT2D eigenvalue weighted by Crippen LogP contribution is -2.36. The van der Waals surface area contributed by atoms with Crippen LogP contribution in [0.1, 0.15) is 38.3 Å². The SMILES string of the molecule is CC1CCCN(C(C)c2c(O)cccc2O)C1. The van der Waals surface area contributed by atoms with Gasteiger partial charge in [-0.1, -0.05) is 13.0 Å². The first kappa shape index (κ1) is 12.2. The number of aromatic hydroxyl groups is 2. The van der Waals surface area contributed by atoms with Crippen LogP contribution >= 0.6 is 0 Å². The number of phenols is 2. The summed E-state index contributed by atoms with van der Waals surface area (Å²) in [7, 11) is 0. The van der Waals surface area contributed by atoms with Crippen molar-refractivity contribution in [2.75, 3.05) is 13.1 Å². The number of hydrogen-bond donors (Lipinski definition) is 2. The van der Waals surface area contributed by atoms with Crippen LogP contribution in [0, 0.1) is 5.92 Å². The van der Waals surface area contributed by atoms with E-state index in [0.717, 1.165) is 13.1 Å². The lowest BCUT2D eigenvalue weighted by atomic mass is 9.96. The number of piperidine rings is 1. The molecule has 94 valence electrons. The summed E-state index contributed by atoms with van der Waals surface area (Å²) in [5.74, 6) is 1.07. The molecule has 1 aromatic rings. The van der Waals surface area contributed by atoms with E-state index in [9.17, 15) is 10.2 Å². The largest absolute Gasteiger partial charge is 0.507 e. The van der Waals surface area contributed by atoms with E-state index >= 15 is 0 Å². The van der Waals surface area contributed by atoms with Crippen molar-refractivity contribution in [2.45, 2.75) is 32.7 Å². The molecule has 17 heavy (non-hydrogen) atoms. The predicted octanol–water partition coefficient (Wildman–Crippen LogP) is 2.89. The molecular weight excluding hydrogens is 214 g/mol. The van der Waals surface area contributed by atoms with Crippen molar-refractivity contribution in [3.8, 4) is 11.5 Å². The van der Waals surface area contributed by atoms with Gasteiger partial charge in [0.2, 0.25) is 0 Å². The summed E-state index contributed by atoms with van der Waals surface area (Å²) in [6.07, 6.45) is 2.47. The third-order valence-corrected chi connectivity index (χ3v) is 3.71. The number of phenolic OH excluding ortho intramolecular Hbond substituents is 2. The molecule has 2 unspecified atom stereocenters. The summed E-state index contributed by atoms with van der Waals surface area (Å²) in [6.45, 7) is 6.38. The maximum Gasteiger partial charge on any atom is 0.124 e. The summed E-state index contributed by atoms with van der Waals surface area (Å²) in [5.41, 5.74) is 0.654. The van der Waals surface area contributed by atoms with E-state index in [1.165, 1.54) is 12.8 Å². The Morgan fingerprint density at radius 2 is 1.94 bits per heavy atom. The average Bonchev–Trinajstić information content (AvgIpc) is 2.28. The van der Waals surface area contributed by atoms with Crippen molar-refractivity contribution in [1.29, 1.82) is 0 Å². The van der Waals surface area contributed by atoms with Gasteiger partial charge in [-0.25, -0.2) is 0 Å². The fourth-order valence-corrected chi connectivity index (χ4v) is 2.73. The Labute approximate surface area is 103 Å². The zero-order chi connectivity index (χ0) is 12.4.